The molecule has 1 fully saturated rings. The molecule has 9 nitrogen and oxygen atoms in total. The highest BCUT2D eigenvalue weighted by atomic mass is 16.6. The summed E-state index contributed by atoms with van der Waals surface area (Å²) in [6.45, 7) is 7.53. The molecule has 3 aliphatic rings. The average molecular weight is 475 g/mol. The van der Waals surface area contributed by atoms with Crippen LogP contribution in [0.4, 0.5) is 0 Å². The van der Waals surface area contributed by atoms with Crippen LogP contribution >= 0.6 is 0 Å². The van der Waals surface area contributed by atoms with Crippen molar-refractivity contribution in [3.8, 4) is 11.5 Å². The van der Waals surface area contributed by atoms with Gasteiger partial charge in [-0.2, -0.15) is 0 Å². The van der Waals surface area contributed by atoms with Crippen LogP contribution in [0.1, 0.15) is 44.7 Å². The summed E-state index contributed by atoms with van der Waals surface area (Å²) >= 11 is 0. The third-order valence-corrected chi connectivity index (χ3v) is 7.85. The minimum atomic E-state index is -1.24. The summed E-state index contributed by atoms with van der Waals surface area (Å²) in [6, 6.07) is 2.64. The topological polar surface area (TPSA) is 118 Å². The number of rotatable bonds is 5. The second kappa shape index (κ2) is 8.55. The van der Waals surface area contributed by atoms with Crippen LogP contribution in [-0.2, 0) is 19.7 Å². The number of aliphatic hydroxyl groups is 2. The summed E-state index contributed by atoms with van der Waals surface area (Å²) in [7, 11) is 3.56. The van der Waals surface area contributed by atoms with Gasteiger partial charge in [-0.1, -0.05) is 6.07 Å². The number of likely N-dealkylation sites (N-methyl/N-ethyl adjacent to an activating group) is 1. The third kappa shape index (κ3) is 3.40. The van der Waals surface area contributed by atoms with Crippen LogP contribution < -0.4 is 14.8 Å². The summed E-state index contributed by atoms with van der Waals surface area (Å²) in [5.74, 6) is 0.0813. The Kier molecular flexibility index (Phi) is 6.16. The quantitative estimate of drug-likeness (QED) is 0.545. The number of likely N-dealkylation sites (tertiary alicyclic amines) is 1. The van der Waals surface area contributed by atoms with Gasteiger partial charge in [0.25, 0.3) is 0 Å². The number of aliphatic hydroxyl groups excluding tert-OH is 1. The minimum absolute atomic E-state index is 0.179. The lowest BCUT2D eigenvalue weighted by atomic mass is 9.54. The van der Waals surface area contributed by atoms with E-state index >= 15 is 0 Å². The molecular formula is C25H34N2O7. The number of aryl methyl sites for hydroxylation is 1. The van der Waals surface area contributed by atoms with Crippen molar-refractivity contribution in [2.45, 2.75) is 75.8 Å². The van der Waals surface area contributed by atoms with Gasteiger partial charge in [0.2, 0.25) is 5.91 Å². The van der Waals surface area contributed by atoms with Gasteiger partial charge in [0.15, 0.2) is 17.6 Å². The predicted molar refractivity (Wildman–Crippen MR) is 124 cm³/mol. The smallest absolute Gasteiger partial charge is 0.333 e. The molecule has 1 aromatic rings. The number of esters is 1. The Morgan fingerprint density at radius 1 is 1.32 bits per heavy atom. The van der Waals surface area contributed by atoms with Gasteiger partial charge in [0.1, 0.15) is 17.9 Å². The number of ether oxygens (including phenoxy) is 3. The Hall–Kier alpha value is -2.62. The van der Waals surface area contributed by atoms with E-state index < -0.39 is 41.1 Å². The van der Waals surface area contributed by atoms with Crippen LogP contribution in [0.3, 0.4) is 0 Å². The maximum Gasteiger partial charge on any atom is 0.333 e. The number of fused-ring (bicyclic) bond motifs is 1. The first-order valence-corrected chi connectivity index (χ1v) is 11.7. The molecule has 0 aromatic heterocycles. The van der Waals surface area contributed by atoms with Crippen molar-refractivity contribution in [2.75, 3.05) is 20.7 Å². The maximum absolute atomic E-state index is 12.9. The molecule has 2 heterocycles. The second-order valence-corrected chi connectivity index (χ2v) is 9.73. The highest BCUT2D eigenvalue weighted by molar-refractivity contribution is 5.86. The minimum Gasteiger partial charge on any atom is -0.493 e. The molecule has 1 spiro atoms. The first-order chi connectivity index (χ1) is 16.0. The predicted octanol–water partition coefficient (Wildman–Crippen LogP) is 1.17. The van der Waals surface area contributed by atoms with E-state index in [-0.39, 0.29) is 12.5 Å². The van der Waals surface area contributed by atoms with E-state index in [1.54, 1.807) is 13.2 Å². The summed E-state index contributed by atoms with van der Waals surface area (Å²) in [4.78, 5) is 26.8. The lowest BCUT2D eigenvalue weighted by Gasteiger charge is -2.58. The molecule has 0 saturated carbocycles. The first kappa shape index (κ1) is 24.5. The Labute approximate surface area is 199 Å². The number of amides is 1. The molecule has 1 amide bonds. The van der Waals surface area contributed by atoms with Crippen LogP contribution in [0.15, 0.2) is 24.0 Å². The fraction of sp³-hybridized carbons (Fsp3) is 0.600. The normalized spacial score (nSPS) is 31.7. The van der Waals surface area contributed by atoms with E-state index in [0.29, 0.717) is 23.7 Å². The molecule has 1 saturated heterocycles. The van der Waals surface area contributed by atoms with Crippen LogP contribution in [0.25, 0.3) is 0 Å². The molecular weight excluding hydrogens is 440 g/mol. The first-order valence-electron chi connectivity index (χ1n) is 11.7. The van der Waals surface area contributed by atoms with Crippen molar-refractivity contribution < 1.29 is 34.0 Å². The highest BCUT2D eigenvalue weighted by Crippen LogP contribution is 2.62. The van der Waals surface area contributed by atoms with E-state index in [1.807, 2.05) is 33.0 Å². The average Bonchev–Trinajstić information content (AvgIpc) is 3.16. The molecule has 0 radical (unpaired) electrons. The molecule has 3 N–H and O–H groups in total. The number of hydrogen-bond acceptors (Lipinski definition) is 8. The van der Waals surface area contributed by atoms with Gasteiger partial charge in [0.05, 0.1) is 18.1 Å². The number of methoxy groups -OCH3 is 1. The molecule has 1 aromatic carbocycles. The van der Waals surface area contributed by atoms with Gasteiger partial charge >= 0.3 is 5.97 Å². The Bertz CT molecular complexity index is 1040. The SMILES string of the molecule is COc1ccc(C)c2c1O[C@H]1C(OC(=O)[C@H](C)NC(=O)[C@H](C)O)=CC[C@@]3(O)[C@@H](C)N(C)CC[C@]213. The Morgan fingerprint density at radius 2 is 2.03 bits per heavy atom. The van der Waals surface area contributed by atoms with E-state index in [4.69, 9.17) is 14.2 Å². The standard InChI is InChI=1S/C25H34N2O7/c1-13-7-8-17(32-6)20-19(13)24-11-12-27(5)16(4)25(24,31)10-9-18(21(24)34-20)33-23(30)14(2)26-22(29)15(3)28/h7-9,14-16,21,28,31H,10-12H2,1-6H3,(H,26,29)/t14-,15-,16+,21-,24-,25+/m0/s1. The second-order valence-electron chi connectivity index (χ2n) is 9.73. The summed E-state index contributed by atoms with van der Waals surface area (Å²) in [6.07, 6.45) is 0.597. The van der Waals surface area contributed by atoms with Gasteiger partial charge in [-0.25, -0.2) is 4.79 Å². The number of nitrogens with one attached hydrogen (secondary N) is 1. The van der Waals surface area contributed by atoms with Gasteiger partial charge in [-0.15, -0.1) is 0 Å². The largest absolute Gasteiger partial charge is 0.493 e. The Morgan fingerprint density at radius 3 is 2.68 bits per heavy atom. The van der Waals surface area contributed by atoms with Gasteiger partial charge in [-0.3, -0.25) is 4.79 Å². The van der Waals surface area contributed by atoms with Crippen molar-refractivity contribution in [3.63, 3.8) is 0 Å². The summed E-state index contributed by atoms with van der Waals surface area (Å²) < 4.78 is 17.8. The highest BCUT2D eigenvalue weighted by Gasteiger charge is 2.69. The third-order valence-electron chi connectivity index (χ3n) is 7.85. The lowest BCUT2D eigenvalue weighted by molar-refractivity contribution is -0.163. The van der Waals surface area contributed by atoms with Crippen LogP contribution in [0.5, 0.6) is 11.5 Å². The number of nitrogens with zero attached hydrogens (tertiary/aromatic N) is 1. The van der Waals surface area contributed by atoms with Crippen LogP contribution in [-0.4, -0.2) is 77.6 Å². The molecule has 0 unspecified atom stereocenters. The molecule has 6 atom stereocenters. The van der Waals surface area contributed by atoms with E-state index in [1.165, 1.54) is 13.8 Å². The monoisotopic (exact) mass is 474 g/mol. The molecule has 186 valence electrons. The fourth-order valence-corrected chi connectivity index (χ4v) is 5.75. The number of carbonyl (C=O) groups excluding carboxylic acids is 2. The van der Waals surface area contributed by atoms with Crippen molar-refractivity contribution in [2.24, 2.45) is 0 Å². The molecule has 34 heavy (non-hydrogen) atoms. The van der Waals surface area contributed by atoms with Crippen molar-refractivity contribution in [1.82, 2.24) is 10.2 Å². The molecule has 0 bridgehead atoms. The van der Waals surface area contributed by atoms with E-state index in [9.17, 15) is 19.8 Å². The zero-order valence-electron chi connectivity index (χ0n) is 20.5. The summed E-state index contributed by atoms with van der Waals surface area (Å²) in [5.41, 5.74) is -0.159. The van der Waals surface area contributed by atoms with Gasteiger partial charge < -0.3 is 34.6 Å². The van der Waals surface area contributed by atoms with E-state index in [0.717, 1.165) is 17.7 Å². The molecule has 1 aliphatic carbocycles. The van der Waals surface area contributed by atoms with Crippen molar-refractivity contribution in [1.29, 1.82) is 0 Å². The van der Waals surface area contributed by atoms with Gasteiger partial charge in [0, 0.05) is 18.0 Å². The zero-order chi connectivity index (χ0) is 25.0. The lowest BCUT2D eigenvalue weighted by Crippen LogP contribution is -2.71. The Balaban J connectivity index is 1.76. The number of piperidine rings is 1. The van der Waals surface area contributed by atoms with Crippen molar-refractivity contribution >= 4 is 11.9 Å². The maximum atomic E-state index is 12.9. The molecule has 2 aliphatic heterocycles. The van der Waals surface area contributed by atoms with Crippen LogP contribution in [0, 0.1) is 6.92 Å². The molecule has 9 heteroatoms. The zero-order valence-corrected chi connectivity index (χ0v) is 20.5. The number of benzene rings is 1. The van der Waals surface area contributed by atoms with E-state index in [2.05, 4.69) is 10.2 Å². The number of hydrogen-bond donors (Lipinski definition) is 3. The van der Waals surface area contributed by atoms with Crippen LogP contribution in [0.2, 0.25) is 0 Å². The van der Waals surface area contributed by atoms with Crippen molar-refractivity contribution in [3.05, 3.63) is 35.1 Å². The number of carbonyl (C=O) groups is 2. The van der Waals surface area contributed by atoms with Gasteiger partial charge in [-0.05, 0) is 65.4 Å². The summed E-state index contributed by atoms with van der Waals surface area (Å²) in [5, 5.41) is 24.1. The molecule has 4 rings (SSSR count). The fourth-order valence-electron chi connectivity index (χ4n) is 5.75.